The van der Waals surface area contributed by atoms with E-state index in [1.807, 2.05) is 31.2 Å². The van der Waals surface area contributed by atoms with Crippen LogP contribution in [0, 0.1) is 0 Å². The largest absolute Gasteiger partial charge is 0.493 e. The highest BCUT2D eigenvalue weighted by molar-refractivity contribution is 9.10. The van der Waals surface area contributed by atoms with Crippen molar-refractivity contribution in [3.8, 4) is 17.2 Å². The molecule has 1 aliphatic rings. The number of halogens is 1. The molecule has 1 heterocycles. The molecule has 0 aliphatic carbocycles. The average Bonchev–Trinajstić information content (AvgIpc) is 2.55. The predicted octanol–water partition coefficient (Wildman–Crippen LogP) is 4.23. The van der Waals surface area contributed by atoms with Crippen molar-refractivity contribution in [1.82, 2.24) is 0 Å². The second-order valence-electron chi connectivity index (χ2n) is 4.91. The zero-order chi connectivity index (χ0) is 15.4. The Hall–Kier alpha value is -1.88. The van der Waals surface area contributed by atoms with E-state index < -0.39 is 0 Å². The van der Waals surface area contributed by atoms with Gasteiger partial charge < -0.3 is 19.5 Å². The van der Waals surface area contributed by atoms with Gasteiger partial charge in [-0.1, -0.05) is 6.07 Å². The lowest BCUT2D eigenvalue weighted by Crippen LogP contribution is -2.15. The van der Waals surface area contributed by atoms with Gasteiger partial charge >= 0.3 is 0 Å². The summed E-state index contributed by atoms with van der Waals surface area (Å²) in [6.07, 6.45) is 0. The van der Waals surface area contributed by atoms with E-state index in [2.05, 4.69) is 33.4 Å². The summed E-state index contributed by atoms with van der Waals surface area (Å²) in [5, 5.41) is 3.39. The molecule has 1 aliphatic heterocycles. The molecule has 4 nitrogen and oxygen atoms in total. The summed E-state index contributed by atoms with van der Waals surface area (Å²) < 4.78 is 17.6. The molecule has 116 valence electrons. The van der Waals surface area contributed by atoms with Gasteiger partial charge in [0, 0.05) is 18.3 Å². The number of hydrogen-bond acceptors (Lipinski definition) is 4. The lowest BCUT2D eigenvalue weighted by atomic mass is 10.2. The molecule has 0 saturated carbocycles. The Labute approximate surface area is 138 Å². The van der Waals surface area contributed by atoms with Crippen molar-refractivity contribution in [3.63, 3.8) is 0 Å². The average molecular weight is 364 g/mol. The van der Waals surface area contributed by atoms with Gasteiger partial charge in [0.05, 0.1) is 11.1 Å². The Kier molecular flexibility index (Phi) is 4.73. The lowest BCUT2D eigenvalue weighted by molar-refractivity contribution is 0.171. The highest BCUT2D eigenvalue weighted by Crippen LogP contribution is 2.33. The van der Waals surface area contributed by atoms with Crippen LogP contribution in [0.4, 0.5) is 5.69 Å². The molecule has 3 rings (SSSR count). The minimum absolute atomic E-state index is 0.599. The van der Waals surface area contributed by atoms with E-state index in [1.165, 1.54) is 5.56 Å². The van der Waals surface area contributed by atoms with Crippen molar-refractivity contribution in [2.45, 2.75) is 13.5 Å². The van der Waals surface area contributed by atoms with Gasteiger partial charge in [0.15, 0.2) is 11.5 Å². The fraction of sp³-hybridized carbons (Fsp3) is 0.294. The van der Waals surface area contributed by atoms with Crippen LogP contribution in [0.5, 0.6) is 17.2 Å². The normalized spacial score (nSPS) is 12.8. The molecule has 0 saturated heterocycles. The van der Waals surface area contributed by atoms with Gasteiger partial charge in [-0.3, -0.25) is 0 Å². The molecule has 0 atom stereocenters. The molecule has 0 aromatic heterocycles. The van der Waals surface area contributed by atoms with Crippen molar-refractivity contribution in [1.29, 1.82) is 0 Å². The molecule has 1 N–H and O–H groups in total. The van der Waals surface area contributed by atoms with Gasteiger partial charge in [0.1, 0.15) is 19.0 Å². The maximum Gasteiger partial charge on any atom is 0.163 e. The first kappa shape index (κ1) is 15.0. The van der Waals surface area contributed by atoms with Gasteiger partial charge in [-0.2, -0.15) is 0 Å². The molecule has 0 unspecified atom stereocenters. The molecule has 22 heavy (non-hydrogen) atoms. The molecular formula is C17H18BrNO3. The van der Waals surface area contributed by atoms with E-state index in [9.17, 15) is 0 Å². The zero-order valence-corrected chi connectivity index (χ0v) is 14.0. The summed E-state index contributed by atoms with van der Waals surface area (Å²) in [4.78, 5) is 0. The van der Waals surface area contributed by atoms with Crippen LogP contribution in [0.3, 0.4) is 0 Å². The van der Waals surface area contributed by atoms with Crippen molar-refractivity contribution in [2.75, 3.05) is 25.1 Å². The van der Waals surface area contributed by atoms with Gasteiger partial charge in [-0.05, 0) is 52.7 Å². The van der Waals surface area contributed by atoms with Crippen LogP contribution >= 0.6 is 15.9 Å². The quantitative estimate of drug-likeness (QED) is 0.862. The van der Waals surface area contributed by atoms with Crippen molar-refractivity contribution >= 4 is 21.6 Å². The van der Waals surface area contributed by atoms with Crippen molar-refractivity contribution in [2.24, 2.45) is 0 Å². The van der Waals surface area contributed by atoms with Crippen LogP contribution in [0.15, 0.2) is 40.9 Å². The molecule has 0 amide bonds. The van der Waals surface area contributed by atoms with Crippen LogP contribution in [-0.4, -0.2) is 19.8 Å². The minimum atomic E-state index is 0.599. The summed E-state index contributed by atoms with van der Waals surface area (Å²) in [6.45, 7) is 4.57. The monoisotopic (exact) mass is 363 g/mol. The first-order valence-electron chi connectivity index (χ1n) is 7.31. The number of hydrogen-bond donors (Lipinski definition) is 1. The van der Waals surface area contributed by atoms with Crippen LogP contribution in [0.25, 0.3) is 0 Å². The molecule has 0 spiro atoms. The molecule has 2 aromatic carbocycles. The summed E-state index contributed by atoms with van der Waals surface area (Å²) in [7, 11) is 0. The highest BCUT2D eigenvalue weighted by atomic mass is 79.9. The number of anilines is 1. The van der Waals surface area contributed by atoms with Gasteiger partial charge in [-0.25, -0.2) is 0 Å². The van der Waals surface area contributed by atoms with Gasteiger partial charge in [0.2, 0.25) is 0 Å². The Morgan fingerprint density at radius 1 is 1.09 bits per heavy atom. The Morgan fingerprint density at radius 3 is 2.68 bits per heavy atom. The Bertz CT molecular complexity index is 660. The number of rotatable bonds is 5. The van der Waals surface area contributed by atoms with Crippen LogP contribution in [0.2, 0.25) is 0 Å². The molecule has 0 fully saturated rings. The lowest BCUT2D eigenvalue weighted by Gasteiger charge is -2.19. The fourth-order valence-corrected chi connectivity index (χ4v) is 2.82. The summed E-state index contributed by atoms with van der Waals surface area (Å²) in [6, 6.07) is 12.0. The van der Waals surface area contributed by atoms with Crippen LogP contribution in [-0.2, 0) is 6.54 Å². The smallest absolute Gasteiger partial charge is 0.163 e. The molecule has 0 radical (unpaired) electrons. The van der Waals surface area contributed by atoms with Crippen molar-refractivity contribution in [3.05, 3.63) is 46.4 Å². The number of fused-ring (bicyclic) bond motifs is 1. The van der Waals surface area contributed by atoms with Crippen LogP contribution < -0.4 is 19.5 Å². The Morgan fingerprint density at radius 2 is 1.91 bits per heavy atom. The van der Waals surface area contributed by atoms with E-state index in [4.69, 9.17) is 14.2 Å². The number of nitrogens with one attached hydrogen (secondary N) is 1. The third-order valence-corrected chi connectivity index (χ3v) is 3.95. The van der Waals surface area contributed by atoms with E-state index in [0.29, 0.717) is 19.8 Å². The third kappa shape index (κ3) is 3.47. The summed E-state index contributed by atoms with van der Waals surface area (Å²) >= 11 is 3.53. The second kappa shape index (κ2) is 6.92. The van der Waals surface area contributed by atoms with Crippen molar-refractivity contribution < 1.29 is 14.2 Å². The molecule has 2 aromatic rings. The maximum absolute atomic E-state index is 5.59. The summed E-state index contributed by atoms with van der Waals surface area (Å²) in [5.74, 6) is 2.47. The highest BCUT2D eigenvalue weighted by Gasteiger charge is 2.11. The first-order chi connectivity index (χ1) is 10.8. The standard InChI is InChI=1S/C17H18BrNO3/c1-2-20-15-5-3-12(9-14(15)18)11-19-13-4-6-16-17(10-13)22-8-7-21-16/h3-6,9-10,19H,2,7-8,11H2,1H3. The van der Waals surface area contributed by atoms with E-state index >= 15 is 0 Å². The fourth-order valence-electron chi connectivity index (χ4n) is 2.28. The van der Waals surface area contributed by atoms with E-state index in [0.717, 1.165) is 34.0 Å². The summed E-state index contributed by atoms with van der Waals surface area (Å²) in [5.41, 5.74) is 2.18. The van der Waals surface area contributed by atoms with Gasteiger partial charge in [0.25, 0.3) is 0 Å². The zero-order valence-electron chi connectivity index (χ0n) is 12.4. The minimum Gasteiger partial charge on any atom is -0.493 e. The SMILES string of the molecule is CCOc1ccc(CNc2ccc3c(c2)OCCO3)cc1Br. The predicted molar refractivity (Wildman–Crippen MR) is 90.1 cm³/mol. The maximum atomic E-state index is 5.59. The number of benzene rings is 2. The Balaban J connectivity index is 1.66. The van der Waals surface area contributed by atoms with Crippen LogP contribution in [0.1, 0.15) is 12.5 Å². The van der Waals surface area contributed by atoms with E-state index in [1.54, 1.807) is 0 Å². The number of ether oxygens (including phenoxy) is 3. The van der Waals surface area contributed by atoms with Gasteiger partial charge in [-0.15, -0.1) is 0 Å². The molecular weight excluding hydrogens is 346 g/mol. The van der Waals surface area contributed by atoms with E-state index in [-0.39, 0.29) is 0 Å². The topological polar surface area (TPSA) is 39.7 Å². The third-order valence-electron chi connectivity index (χ3n) is 3.33. The molecule has 5 heteroatoms. The first-order valence-corrected chi connectivity index (χ1v) is 8.10. The second-order valence-corrected chi connectivity index (χ2v) is 5.76. The molecule has 0 bridgehead atoms.